The van der Waals surface area contributed by atoms with Crippen molar-refractivity contribution in [2.75, 3.05) is 0 Å². The first-order valence-corrected chi connectivity index (χ1v) is 3.76. The van der Waals surface area contributed by atoms with Crippen molar-refractivity contribution in [3.05, 3.63) is 0 Å². The van der Waals surface area contributed by atoms with Crippen LogP contribution in [0.1, 0.15) is 19.8 Å². The first-order chi connectivity index (χ1) is 4.16. The van der Waals surface area contributed by atoms with Crippen LogP contribution in [0.15, 0.2) is 0 Å². The van der Waals surface area contributed by atoms with Gasteiger partial charge in [0, 0.05) is 6.42 Å². The van der Waals surface area contributed by atoms with Crippen LogP contribution in [0.4, 0.5) is 0 Å². The maximum absolute atomic E-state index is 10.4. The fraction of sp³-hybridized carbons (Fsp3) is 0.600. The minimum atomic E-state index is -2.32. The molecule has 0 aromatic carbocycles. The van der Waals surface area contributed by atoms with Gasteiger partial charge in [-0.05, 0) is 6.42 Å². The van der Waals surface area contributed by atoms with Crippen LogP contribution >= 0.6 is 0 Å². The van der Waals surface area contributed by atoms with Crippen molar-refractivity contribution < 1.29 is 13.2 Å². The van der Waals surface area contributed by atoms with E-state index in [9.17, 15) is 13.2 Å². The van der Waals surface area contributed by atoms with E-state index in [4.69, 9.17) is 0 Å². The third kappa shape index (κ3) is 5.23. The summed E-state index contributed by atoms with van der Waals surface area (Å²) in [5, 5.41) is 0.698. The normalized spacial score (nSPS) is 8.56. The first-order valence-electron chi connectivity index (χ1n) is 2.62. The molecule has 0 spiro atoms. The summed E-state index contributed by atoms with van der Waals surface area (Å²) in [6.07, 6.45) is 1.00. The van der Waals surface area contributed by atoms with E-state index < -0.39 is 10.3 Å². The van der Waals surface area contributed by atoms with Gasteiger partial charge < -0.3 is 0 Å². The van der Waals surface area contributed by atoms with Gasteiger partial charge in [0.25, 0.3) is 0 Å². The highest BCUT2D eigenvalue weighted by Crippen LogP contribution is 1.84. The van der Waals surface area contributed by atoms with Gasteiger partial charge in [0.1, 0.15) is 5.37 Å². The van der Waals surface area contributed by atoms with Crippen molar-refractivity contribution in [3.63, 3.8) is 0 Å². The molecular weight excluding hydrogens is 140 g/mol. The summed E-state index contributed by atoms with van der Waals surface area (Å²) in [6, 6.07) is 0. The van der Waals surface area contributed by atoms with E-state index in [1.165, 1.54) is 0 Å². The van der Waals surface area contributed by atoms with Gasteiger partial charge in [0.05, 0.1) is 0 Å². The predicted octanol–water partition coefficient (Wildman–Crippen LogP) is 0.0369. The molecule has 0 radical (unpaired) electrons. The zero-order valence-corrected chi connectivity index (χ0v) is 5.94. The lowest BCUT2D eigenvalue weighted by Gasteiger charge is -1.81. The van der Waals surface area contributed by atoms with E-state index in [2.05, 4.69) is 0 Å². The summed E-state index contributed by atoms with van der Waals surface area (Å²) in [6.45, 7) is 1.82. The van der Waals surface area contributed by atoms with Crippen molar-refractivity contribution in [2.24, 2.45) is 0 Å². The van der Waals surface area contributed by atoms with Crippen molar-refractivity contribution in [1.82, 2.24) is 0 Å². The number of hydrogen-bond donors (Lipinski definition) is 0. The maximum Gasteiger partial charge on any atom is 0.217 e. The zero-order chi connectivity index (χ0) is 7.28. The highest BCUT2D eigenvalue weighted by molar-refractivity contribution is 7.73. The van der Waals surface area contributed by atoms with Crippen molar-refractivity contribution in [2.45, 2.75) is 19.8 Å². The minimum Gasteiger partial charge on any atom is -0.294 e. The molecule has 0 N–H and O–H groups in total. The molecule has 0 aliphatic heterocycles. The fourth-order valence-electron chi connectivity index (χ4n) is 0.413. The molecular formula is C5H8O3S. The molecule has 0 unspecified atom stereocenters. The SMILES string of the molecule is CCCC(=O)C=S(=O)=O. The average molecular weight is 148 g/mol. The molecule has 0 rings (SSSR count). The van der Waals surface area contributed by atoms with Crippen LogP contribution in [0, 0.1) is 0 Å². The number of ketones is 1. The lowest BCUT2D eigenvalue weighted by molar-refractivity contribution is -0.112. The van der Waals surface area contributed by atoms with Crippen molar-refractivity contribution >= 4 is 21.4 Å². The van der Waals surface area contributed by atoms with Crippen LogP contribution < -0.4 is 0 Å². The maximum atomic E-state index is 10.4. The molecule has 0 saturated carbocycles. The first kappa shape index (κ1) is 8.36. The Labute approximate surface area is 55.2 Å². The largest absolute Gasteiger partial charge is 0.294 e. The van der Waals surface area contributed by atoms with E-state index in [-0.39, 0.29) is 5.78 Å². The Morgan fingerprint density at radius 1 is 1.56 bits per heavy atom. The van der Waals surface area contributed by atoms with E-state index in [0.717, 1.165) is 0 Å². The van der Waals surface area contributed by atoms with Gasteiger partial charge in [-0.2, -0.15) is 8.42 Å². The van der Waals surface area contributed by atoms with Crippen LogP contribution in [-0.2, 0) is 15.1 Å². The Hall–Kier alpha value is -0.640. The smallest absolute Gasteiger partial charge is 0.217 e. The summed E-state index contributed by atoms with van der Waals surface area (Å²) in [4.78, 5) is 10.4. The topological polar surface area (TPSA) is 51.2 Å². The van der Waals surface area contributed by atoms with E-state index in [0.29, 0.717) is 18.2 Å². The average Bonchev–Trinajstić information content (AvgIpc) is 1.63. The van der Waals surface area contributed by atoms with Crippen LogP contribution in [0.5, 0.6) is 0 Å². The summed E-state index contributed by atoms with van der Waals surface area (Å²) >= 11 is 0. The Morgan fingerprint density at radius 2 is 2.11 bits per heavy atom. The van der Waals surface area contributed by atoms with Crippen LogP contribution in [0.3, 0.4) is 0 Å². The van der Waals surface area contributed by atoms with Crippen LogP contribution in [0.25, 0.3) is 0 Å². The fourth-order valence-corrected chi connectivity index (χ4v) is 0.745. The third-order valence-corrected chi connectivity index (χ3v) is 1.18. The molecule has 0 amide bonds. The predicted molar refractivity (Wildman–Crippen MR) is 34.9 cm³/mol. The summed E-state index contributed by atoms with van der Waals surface area (Å²) in [5.74, 6) is -0.328. The molecule has 0 aromatic rings. The Bertz CT molecular complexity index is 204. The van der Waals surface area contributed by atoms with Gasteiger partial charge in [0.2, 0.25) is 10.3 Å². The van der Waals surface area contributed by atoms with Gasteiger partial charge in [-0.1, -0.05) is 6.92 Å². The molecule has 0 bridgehead atoms. The molecule has 0 fully saturated rings. The lowest BCUT2D eigenvalue weighted by atomic mass is 10.3. The number of rotatable bonds is 3. The molecule has 0 aliphatic rings. The zero-order valence-electron chi connectivity index (χ0n) is 5.12. The van der Waals surface area contributed by atoms with Gasteiger partial charge in [0.15, 0.2) is 5.78 Å². The molecule has 0 atom stereocenters. The van der Waals surface area contributed by atoms with Gasteiger partial charge in [-0.15, -0.1) is 0 Å². The summed E-state index contributed by atoms with van der Waals surface area (Å²) in [5.41, 5.74) is 0. The van der Waals surface area contributed by atoms with Crippen LogP contribution in [0.2, 0.25) is 0 Å². The highest BCUT2D eigenvalue weighted by Gasteiger charge is 1.92. The minimum absolute atomic E-state index is 0.313. The third-order valence-electron chi connectivity index (χ3n) is 0.724. The lowest BCUT2D eigenvalue weighted by Crippen LogP contribution is -1.97. The molecule has 52 valence electrons. The summed E-state index contributed by atoms with van der Waals surface area (Å²) < 4.78 is 19.6. The quantitative estimate of drug-likeness (QED) is 0.531. The monoisotopic (exact) mass is 148 g/mol. The van der Waals surface area contributed by atoms with E-state index in [1.807, 2.05) is 6.92 Å². The second kappa shape index (κ2) is 4.26. The number of hydrogen-bond acceptors (Lipinski definition) is 3. The molecule has 9 heavy (non-hydrogen) atoms. The second-order valence-electron chi connectivity index (χ2n) is 1.59. The Balaban J connectivity index is 3.94. The molecule has 0 aliphatic carbocycles. The van der Waals surface area contributed by atoms with E-state index >= 15 is 0 Å². The van der Waals surface area contributed by atoms with Gasteiger partial charge in [-0.25, -0.2) is 0 Å². The molecule has 0 aromatic heterocycles. The van der Waals surface area contributed by atoms with Gasteiger partial charge in [-0.3, -0.25) is 4.79 Å². The Morgan fingerprint density at radius 3 is 2.44 bits per heavy atom. The highest BCUT2D eigenvalue weighted by atomic mass is 32.2. The molecule has 4 heteroatoms. The number of Topliss-reactive ketones (excluding diaryl/α,β-unsaturated/α-hetero) is 1. The Kier molecular flexibility index (Phi) is 3.96. The van der Waals surface area contributed by atoms with E-state index in [1.54, 1.807) is 0 Å². The standard InChI is InChI=1S/C5H8O3S/c1-2-3-5(6)4-9(7)8/h4H,2-3H2,1H3. The van der Waals surface area contributed by atoms with Crippen molar-refractivity contribution in [1.29, 1.82) is 0 Å². The second-order valence-corrected chi connectivity index (χ2v) is 2.35. The molecule has 0 heterocycles. The van der Waals surface area contributed by atoms with Crippen molar-refractivity contribution in [3.8, 4) is 0 Å². The number of carbonyl (C=O) groups excluding carboxylic acids is 1. The summed E-state index contributed by atoms with van der Waals surface area (Å²) in [7, 11) is -2.32. The number of carbonyl (C=O) groups is 1. The molecule has 0 saturated heterocycles. The van der Waals surface area contributed by atoms with Gasteiger partial charge >= 0.3 is 0 Å². The molecule has 3 nitrogen and oxygen atoms in total. The van der Waals surface area contributed by atoms with Crippen LogP contribution in [-0.4, -0.2) is 19.6 Å².